The first-order valence-corrected chi connectivity index (χ1v) is 6.37. The summed E-state index contributed by atoms with van der Waals surface area (Å²) in [5.74, 6) is -0.187. The largest absolute Gasteiger partial charge is 0.368 e. The molecular formula is C14H22FN3. The van der Waals surface area contributed by atoms with Gasteiger partial charge in [-0.05, 0) is 39.1 Å². The van der Waals surface area contributed by atoms with E-state index in [1.54, 1.807) is 12.1 Å². The summed E-state index contributed by atoms with van der Waals surface area (Å²) in [5.41, 5.74) is 6.82. The van der Waals surface area contributed by atoms with Crippen LogP contribution in [0, 0.1) is 5.82 Å². The molecule has 0 amide bonds. The summed E-state index contributed by atoms with van der Waals surface area (Å²) in [6.45, 7) is 6.73. The Labute approximate surface area is 108 Å². The molecule has 1 aliphatic rings. The molecule has 1 atom stereocenters. The number of nitrogens with two attached hydrogens (primary N) is 1. The molecule has 0 spiro atoms. The van der Waals surface area contributed by atoms with Gasteiger partial charge < -0.3 is 10.6 Å². The molecule has 1 saturated heterocycles. The van der Waals surface area contributed by atoms with E-state index in [9.17, 15) is 4.39 Å². The third kappa shape index (κ3) is 2.49. The minimum atomic E-state index is -0.187. The molecule has 0 aromatic heterocycles. The Bertz CT molecular complexity index is 419. The second-order valence-electron chi connectivity index (χ2n) is 5.67. The molecule has 0 saturated carbocycles. The average molecular weight is 251 g/mol. The summed E-state index contributed by atoms with van der Waals surface area (Å²) in [4.78, 5) is 4.55. The first-order chi connectivity index (χ1) is 8.44. The van der Waals surface area contributed by atoms with E-state index in [2.05, 4.69) is 30.7 Å². The zero-order valence-electron chi connectivity index (χ0n) is 11.4. The molecule has 1 fully saturated rings. The first-order valence-electron chi connectivity index (χ1n) is 6.37. The second kappa shape index (κ2) is 4.86. The summed E-state index contributed by atoms with van der Waals surface area (Å²) < 4.78 is 13.3. The van der Waals surface area contributed by atoms with Gasteiger partial charge in [-0.2, -0.15) is 0 Å². The maximum absolute atomic E-state index is 13.3. The fraction of sp³-hybridized carbons (Fsp3) is 0.571. The van der Waals surface area contributed by atoms with Gasteiger partial charge in [0.05, 0.1) is 0 Å². The number of piperazine rings is 1. The number of hydrogen-bond donors (Lipinski definition) is 1. The highest BCUT2D eigenvalue weighted by atomic mass is 19.1. The van der Waals surface area contributed by atoms with Gasteiger partial charge in [0.2, 0.25) is 0 Å². The molecule has 4 heteroatoms. The second-order valence-corrected chi connectivity index (χ2v) is 5.67. The lowest BCUT2D eigenvalue weighted by molar-refractivity contribution is 0.0845. The third-order valence-corrected chi connectivity index (χ3v) is 3.96. The summed E-state index contributed by atoms with van der Waals surface area (Å²) in [6, 6.07) is 7.09. The number of halogens is 1. The van der Waals surface area contributed by atoms with Crippen molar-refractivity contribution in [3.63, 3.8) is 0 Å². The van der Waals surface area contributed by atoms with E-state index in [1.807, 2.05) is 6.07 Å². The summed E-state index contributed by atoms with van der Waals surface area (Å²) in [6.07, 6.45) is 0. The van der Waals surface area contributed by atoms with Crippen LogP contribution in [0.4, 0.5) is 10.1 Å². The molecule has 0 radical (unpaired) electrons. The molecule has 1 unspecified atom stereocenters. The van der Waals surface area contributed by atoms with Crippen molar-refractivity contribution in [1.82, 2.24) is 4.90 Å². The fourth-order valence-corrected chi connectivity index (χ4v) is 2.62. The molecule has 0 bridgehead atoms. The molecule has 1 aromatic rings. The normalized spacial score (nSPS) is 24.3. The Hall–Kier alpha value is -1.13. The zero-order chi connectivity index (χ0) is 13.3. The zero-order valence-corrected chi connectivity index (χ0v) is 11.4. The number of likely N-dealkylation sites (N-methyl/N-ethyl adjacent to an activating group) is 1. The van der Waals surface area contributed by atoms with Crippen molar-refractivity contribution in [3.8, 4) is 0 Å². The lowest BCUT2D eigenvalue weighted by atomic mass is 9.95. The third-order valence-electron chi connectivity index (χ3n) is 3.96. The van der Waals surface area contributed by atoms with Crippen LogP contribution < -0.4 is 10.6 Å². The van der Waals surface area contributed by atoms with E-state index in [0.717, 1.165) is 18.8 Å². The van der Waals surface area contributed by atoms with Gasteiger partial charge in [0.15, 0.2) is 0 Å². The lowest BCUT2D eigenvalue weighted by Crippen LogP contribution is -2.64. The number of anilines is 1. The van der Waals surface area contributed by atoms with Gasteiger partial charge in [0.1, 0.15) is 5.82 Å². The van der Waals surface area contributed by atoms with Crippen molar-refractivity contribution >= 4 is 5.69 Å². The molecule has 1 aliphatic heterocycles. The van der Waals surface area contributed by atoms with Crippen molar-refractivity contribution < 1.29 is 4.39 Å². The van der Waals surface area contributed by atoms with Crippen LogP contribution in [0.3, 0.4) is 0 Å². The summed E-state index contributed by atoms with van der Waals surface area (Å²) in [7, 11) is 2.11. The minimum Gasteiger partial charge on any atom is -0.368 e. The molecule has 3 nitrogen and oxygen atoms in total. The maximum atomic E-state index is 13.3. The van der Waals surface area contributed by atoms with E-state index < -0.39 is 0 Å². The van der Waals surface area contributed by atoms with Gasteiger partial charge in [-0.15, -0.1) is 0 Å². The fourth-order valence-electron chi connectivity index (χ4n) is 2.62. The van der Waals surface area contributed by atoms with Crippen LogP contribution in [0.2, 0.25) is 0 Å². The van der Waals surface area contributed by atoms with Gasteiger partial charge in [0.25, 0.3) is 0 Å². The lowest BCUT2D eigenvalue weighted by Gasteiger charge is -2.50. The molecule has 18 heavy (non-hydrogen) atoms. The highest BCUT2D eigenvalue weighted by Gasteiger charge is 2.36. The molecule has 2 rings (SSSR count). The number of nitrogens with zero attached hydrogens (tertiary/aromatic N) is 2. The minimum absolute atomic E-state index is 0.0363. The van der Waals surface area contributed by atoms with Gasteiger partial charge in [0, 0.05) is 36.9 Å². The summed E-state index contributed by atoms with van der Waals surface area (Å²) in [5, 5.41) is 0. The Morgan fingerprint density at radius 2 is 2.17 bits per heavy atom. The van der Waals surface area contributed by atoms with Crippen LogP contribution in [0.15, 0.2) is 24.3 Å². The number of hydrogen-bond acceptors (Lipinski definition) is 3. The van der Waals surface area contributed by atoms with Crippen molar-refractivity contribution in [3.05, 3.63) is 30.1 Å². The maximum Gasteiger partial charge on any atom is 0.125 e. The Kier molecular flexibility index (Phi) is 3.59. The Morgan fingerprint density at radius 1 is 1.44 bits per heavy atom. The van der Waals surface area contributed by atoms with Crippen molar-refractivity contribution in [1.29, 1.82) is 0 Å². The van der Waals surface area contributed by atoms with Crippen LogP contribution in [0.25, 0.3) is 0 Å². The van der Waals surface area contributed by atoms with Gasteiger partial charge in [-0.3, -0.25) is 4.90 Å². The Balaban J connectivity index is 2.25. The van der Waals surface area contributed by atoms with Crippen molar-refractivity contribution in [2.75, 3.05) is 31.6 Å². The molecular weight excluding hydrogens is 229 g/mol. The quantitative estimate of drug-likeness (QED) is 0.868. The van der Waals surface area contributed by atoms with Crippen molar-refractivity contribution in [2.45, 2.75) is 25.4 Å². The highest BCUT2D eigenvalue weighted by molar-refractivity contribution is 5.48. The van der Waals surface area contributed by atoms with Crippen LogP contribution >= 0.6 is 0 Å². The van der Waals surface area contributed by atoms with E-state index in [-0.39, 0.29) is 11.4 Å². The molecule has 100 valence electrons. The molecule has 2 N–H and O–H groups in total. The number of rotatable bonds is 2. The average Bonchev–Trinajstić information content (AvgIpc) is 2.32. The topological polar surface area (TPSA) is 32.5 Å². The first kappa shape index (κ1) is 13.3. The van der Waals surface area contributed by atoms with Gasteiger partial charge in [-0.25, -0.2) is 4.39 Å². The van der Waals surface area contributed by atoms with Gasteiger partial charge in [-0.1, -0.05) is 6.07 Å². The molecule has 1 aromatic carbocycles. The van der Waals surface area contributed by atoms with E-state index in [1.165, 1.54) is 6.07 Å². The SMILES string of the molecule is CN1C(CN)CN(c2cccc(F)c2)CC1(C)C. The van der Waals surface area contributed by atoms with E-state index >= 15 is 0 Å². The van der Waals surface area contributed by atoms with Crippen LogP contribution in [-0.4, -0.2) is 43.2 Å². The van der Waals surface area contributed by atoms with E-state index in [0.29, 0.717) is 12.6 Å². The predicted molar refractivity (Wildman–Crippen MR) is 73.3 cm³/mol. The number of benzene rings is 1. The van der Waals surface area contributed by atoms with E-state index in [4.69, 9.17) is 5.73 Å². The monoisotopic (exact) mass is 251 g/mol. The molecule has 1 heterocycles. The highest BCUT2D eigenvalue weighted by Crippen LogP contribution is 2.27. The Morgan fingerprint density at radius 3 is 2.78 bits per heavy atom. The van der Waals surface area contributed by atoms with Crippen molar-refractivity contribution in [2.24, 2.45) is 5.73 Å². The standard InChI is InChI=1S/C14H22FN3/c1-14(2)10-18(9-13(8-16)17(14)3)12-6-4-5-11(15)7-12/h4-7,13H,8-10,16H2,1-3H3. The predicted octanol–water partition coefficient (Wildman–Crippen LogP) is 1.68. The van der Waals surface area contributed by atoms with Crippen LogP contribution in [-0.2, 0) is 0 Å². The smallest absolute Gasteiger partial charge is 0.125 e. The van der Waals surface area contributed by atoms with Crippen LogP contribution in [0.5, 0.6) is 0 Å². The molecule has 0 aliphatic carbocycles. The summed E-state index contributed by atoms with van der Waals surface area (Å²) >= 11 is 0. The van der Waals surface area contributed by atoms with Crippen LogP contribution in [0.1, 0.15) is 13.8 Å². The van der Waals surface area contributed by atoms with Gasteiger partial charge >= 0.3 is 0 Å².